The molecular weight excluding hydrogens is 365 g/mol. The standard InChI is InChI=1S/C13H10Br2FNO/c14-9-2-1-8(13(17)5-9)7-18-10-3-4-12(16)11(15)6-10/h1-6H,7,17H2. The lowest BCUT2D eigenvalue weighted by atomic mass is 10.2. The minimum atomic E-state index is -0.314. The molecule has 2 aromatic rings. The van der Waals surface area contributed by atoms with Crippen LogP contribution in [0.15, 0.2) is 45.3 Å². The predicted octanol–water partition coefficient (Wildman–Crippen LogP) is 4.51. The molecule has 0 aliphatic rings. The van der Waals surface area contributed by atoms with Gasteiger partial charge in [0.25, 0.3) is 0 Å². The Kier molecular flexibility index (Phi) is 4.24. The zero-order chi connectivity index (χ0) is 13.1. The number of ether oxygens (including phenoxy) is 1. The van der Waals surface area contributed by atoms with Gasteiger partial charge in [-0.15, -0.1) is 0 Å². The minimum absolute atomic E-state index is 0.314. The Balaban J connectivity index is 2.09. The summed E-state index contributed by atoms with van der Waals surface area (Å²) in [6, 6.07) is 10.1. The van der Waals surface area contributed by atoms with E-state index in [1.54, 1.807) is 12.1 Å². The number of hydrogen-bond acceptors (Lipinski definition) is 2. The van der Waals surface area contributed by atoms with Crippen molar-refractivity contribution in [3.05, 3.63) is 56.7 Å². The maximum absolute atomic E-state index is 13.0. The molecule has 0 bridgehead atoms. The fourth-order valence-electron chi connectivity index (χ4n) is 1.42. The quantitative estimate of drug-likeness (QED) is 0.802. The van der Waals surface area contributed by atoms with Crippen molar-refractivity contribution >= 4 is 37.5 Å². The van der Waals surface area contributed by atoms with E-state index in [9.17, 15) is 4.39 Å². The first kappa shape index (κ1) is 13.4. The fraction of sp³-hybridized carbons (Fsp3) is 0.0769. The Morgan fingerprint density at radius 1 is 1.11 bits per heavy atom. The van der Waals surface area contributed by atoms with Gasteiger partial charge in [0.15, 0.2) is 0 Å². The second-order valence-corrected chi connectivity index (χ2v) is 5.48. The monoisotopic (exact) mass is 373 g/mol. The highest BCUT2D eigenvalue weighted by molar-refractivity contribution is 9.10. The highest BCUT2D eigenvalue weighted by Crippen LogP contribution is 2.24. The van der Waals surface area contributed by atoms with Crippen molar-refractivity contribution in [2.45, 2.75) is 6.61 Å². The Labute approximate surface area is 121 Å². The third-order valence-corrected chi connectivity index (χ3v) is 3.49. The first-order valence-corrected chi connectivity index (χ1v) is 6.76. The van der Waals surface area contributed by atoms with Crippen molar-refractivity contribution in [1.29, 1.82) is 0 Å². The number of halogens is 3. The number of anilines is 1. The van der Waals surface area contributed by atoms with Crippen LogP contribution < -0.4 is 10.5 Å². The van der Waals surface area contributed by atoms with Gasteiger partial charge in [-0.2, -0.15) is 0 Å². The summed E-state index contributed by atoms with van der Waals surface area (Å²) in [5, 5.41) is 0. The maximum atomic E-state index is 13.0. The van der Waals surface area contributed by atoms with Gasteiger partial charge in [0, 0.05) is 15.7 Å². The van der Waals surface area contributed by atoms with Crippen molar-refractivity contribution in [3.8, 4) is 5.75 Å². The number of nitrogen functional groups attached to an aromatic ring is 1. The Morgan fingerprint density at radius 3 is 2.56 bits per heavy atom. The van der Waals surface area contributed by atoms with Crippen molar-refractivity contribution in [3.63, 3.8) is 0 Å². The molecule has 0 saturated heterocycles. The zero-order valence-electron chi connectivity index (χ0n) is 9.29. The SMILES string of the molecule is Nc1cc(Br)ccc1COc1ccc(F)c(Br)c1. The second-order valence-electron chi connectivity index (χ2n) is 3.71. The van der Waals surface area contributed by atoms with Gasteiger partial charge in [0.1, 0.15) is 18.2 Å². The molecule has 0 aliphatic carbocycles. The van der Waals surface area contributed by atoms with E-state index in [0.717, 1.165) is 10.0 Å². The number of rotatable bonds is 3. The molecule has 2 aromatic carbocycles. The molecule has 2 nitrogen and oxygen atoms in total. The average molecular weight is 375 g/mol. The first-order chi connectivity index (χ1) is 8.56. The van der Waals surface area contributed by atoms with Crippen molar-refractivity contribution < 1.29 is 9.13 Å². The Hall–Kier alpha value is -1.07. The smallest absolute Gasteiger partial charge is 0.137 e. The summed E-state index contributed by atoms with van der Waals surface area (Å²) in [4.78, 5) is 0. The molecule has 0 radical (unpaired) electrons. The van der Waals surface area contributed by atoms with Gasteiger partial charge in [0.05, 0.1) is 4.47 Å². The normalized spacial score (nSPS) is 10.4. The summed E-state index contributed by atoms with van der Waals surface area (Å²) in [6.07, 6.45) is 0. The highest BCUT2D eigenvalue weighted by atomic mass is 79.9. The van der Waals surface area contributed by atoms with Crippen LogP contribution in [0.4, 0.5) is 10.1 Å². The van der Waals surface area contributed by atoms with E-state index in [2.05, 4.69) is 31.9 Å². The number of nitrogens with two attached hydrogens (primary N) is 1. The van der Waals surface area contributed by atoms with E-state index in [-0.39, 0.29) is 5.82 Å². The lowest BCUT2D eigenvalue weighted by Crippen LogP contribution is -2.00. The molecule has 0 aliphatic heterocycles. The summed E-state index contributed by atoms with van der Waals surface area (Å²) in [6.45, 7) is 0.344. The molecule has 0 saturated carbocycles. The summed E-state index contributed by atoms with van der Waals surface area (Å²) in [7, 11) is 0. The highest BCUT2D eigenvalue weighted by Gasteiger charge is 2.04. The van der Waals surface area contributed by atoms with Gasteiger partial charge in [-0.05, 0) is 46.3 Å². The molecule has 0 aromatic heterocycles. The molecule has 0 atom stereocenters. The summed E-state index contributed by atoms with van der Waals surface area (Å²) < 4.78 is 19.9. The van der Waals surface area contributed by atoms with Crippen LogP contribution in [0, 0.1) is 5.82 Å². The van der Waals surface area contributed by atoms with Crippen LogP contribution in [0.1, 0.15) is 5.56 Å². The molecule has 0 spiro atoms. The molecule has 0 heterocycles. The van der Waals surface area contributed by atoms with Crippen LogP contribution in [-0.4, -0.2) is 0 Å². The molecule has 2 rings (SSSR count). The van der Waals surface area contributed by atoms with Gasteiger partial charge in [-0.1, -0.05) is 22.0 Å². The molecule has 18 heavy (non-hydrogen) atoms. The Bertz CT molecular complexity index is 575. The van der Waals surface area contributed by atoms with E-state index in [0.29, 0.717) is 22.5 Å². The average Bonchev–Trinajstić information content (AvgIpc) is 2.32. The number of hydrogen-bond donors (Lipinski definition) is 1. The fourth-order valence-corrected chi connectivity index (χ4v) is 2.16. The van der Waals surface area contributed by atoms with Crippen LogP contribution in [0.2, 0.25) is 0 Å². The third kappa shape index (κ3) is 3.23. The van der Waals surface area contributed by atoms with Gasteiger partial charge >= 0.3 is 0 Å². The summed E-state index contributed by atoms with van der Waals surface area (Å²) in [5.41, 5.74) is 7.41. The van der Waals surface area contributed by atoms with Crippen LogP contribution in [0.3, 0.4) is 0 Å². The molecule has 0 amide bonds. The minimum Gasteiger partial charge on any atom is -0.489 e. The van der Waals surface area contributed by atoms with Crippen LogP contribution in [-0.2, 0) is 6.61 Å². The largest absolute Gasteiger partial charge is 0.489 e. The summed E-state index contributed by atoms with van der Waals surface area (Å²) in [5.74, 6) is 0.274. The molecule has 5 heteroatoms. The molecule has 0 unspecified atom stereocenters. The molecule has 94 valence electrons. The lowest BCUT2D eigenvalue weighted by molar-refractivity contribution is 0.306. The van der Waals surface area contributed by atoms with Gasteiger partial charge < -0.3 is 10.5 Å². The topological polar surface area (TPSA) is 35.2 Å². The molecule has 0 fully saturated rings. The van der Waals surface area contributed by atoms with Gasteiger partial charge in [0.2, 0.25) is 0 Å². The van der Waals surface area contributed by atoms with E-state index in [1.807, 2.05) is 18.2 Å². The lowest BCUT2D eigenvalue weighted by Gasteiger charge is -2.09. The third-order valence-electron chi connectivity index (χ3n) is 2.39. The van der Waals surface area contributed by atoms with Crippen LogP contribution in [0.5, 0.6) is 5.75 Å². The first-order valence-electron chi connectivity index (χ1n) is 5.18. The Morgan fingerprint density at radius 2 is 1.89 bits per heavy atom. The maximum Gasteiger partial charge on any atom is 0.137 e. The van der Waals surface area contributed by atoms with Crippen LogP contribution >= 0.6 is 31.9 Å². The predicted molar refractivity (Wildman–Crippen MR) is 77.0 cm³/mol. The zero-order valence-corrected chi connectivity index (χ0v) is 12.5. The van der Waals surface area contributed by atoms with E-state index in [1.165, 1.54) is 6.07 Å². The van der Waals surface area contributed by atoms with Crippen LogP contribution in [0.25, 0.3) is 0 Å². The number of benzene rings is 2. The molecular formula is C13H10Br2FNO. The van der Waals surface area contributed by atoms with Crippen molar-refractivity contribution in [2.24, 2.45) is 0 Å². The van der Waals surface area contributed by atoms with Gasteiger partial charge in [-0.3, -0.25) is 0 Å². The summed E-state index contributed by atoms with van der Waals surface area (Å²) >= 11 is 6.45. The molecule has 2 N–H and O–H groups in total. The van der Waals surface area contributed by atoms with E-state index in [4.69, 9.17) is 10.5 Å². The van der Waals surface area contributed by atoms with E-state index < -0.39 is 0 Å². The van der Waals surface area contributed by atoms with Crippen molar-refractivity contribution in [2.75, 3.05) is 5.73 Å². The van der Waals surface area contributed by atoms with E-state index >= 15 is 0 Å². The van der Waals surface area contributed by atoms with Crippen molar-refractivity contribution in [1.82, 2.24) is 0 Å². The van der Waals surface area contributed by atoms with Gasteiger partial charge in [-0.25, -0.2) is 4.39 Å². The second kappa shape index (κ2) is 5.71.